The number of esters is 1. The molecule has 0 atom stereocenters. The molecule has 0 saturated carbocycles. The van der Waals surface area contributed by atoms with Crippen LogP contribution in [0.2, 0.25) is 0 Å². The minimum absolute atomic E-state index is 0.117. The van der Waals surface area contributed by atoms with E-state index >= 15 is 0 Å². The van der Waals surface area contributed by atoms with Gasteiger partial charge in [0, 0.05) is 43.4 Å². The molecule has 0 unspecified atom stereocenters. The zero-order chi connectivity index (χ0) is 23.4. The van der Waals surface area contributed by atoms with Crippen molar-refractivity contribution in [3.8, 4) is 0 Å². The minimum Gasteiger partial charge on any atom is -0.465 e. The number of fused-ring (bicyclic) bond motifs is 1. The van der Waals surface area contributed by atoms with Crippen molar-refractivity contribution in [2.75, 3.05) is 39.3 Å². The molecule has 0 aromatic heterocycles. The highest BCUT2D eigenvalue weighted by Crippen LogP contribution is 2.39. The lowest BCUT2D eigenvalue weighted by molar-refractivity contribution is -0.141. The van der Waals surface area contributed by atoms with Crippen LogP contribution >= 0.6 is 15.9 Å². The summed E-state index contributed by atoms with van der Waals surface area (Å²) in [5.41, 5.74) is 6.64. The Kier molecular flexibility index (Phi) is 7.89. The number of nitrogens with zero attached hydrogens (tertiary/aromatic N) is 1. The summed E-state index contributed by atoms with van der Waals surface area (Å²) < 4.78 is 17.1. The van der Waals surface area contributed by atoms with E-state index in [2.05, 4.69) is 51.2 Å². The average molecular weight is 514 g/mol. The van der Waals surface area contributed by atoms with Crippen LogP contribution in [-0.2, 0) is 20.6 Å². The van der Waals surface area contributed by atoms with E-state index in [1.807, 2.05) is 12.1 Å². The number of piperidine rings is 1. The topological polar surface area (TPSA) is 48.0 Å². The summed E-state index contributed by atoms with van der Waals surface area (Å²) in [6.45, 7) is 2.00. The first-order valence-corrected chi connectivity index (χ1v) is 12.4. The number of anilines is 1. The van der Waals surface area contributed by atoms with Gasteiger partial charge in [-0.25, -0.2) is 4.79 Å². The van der Waals surface area contributed by atoms with E-state index in [-0.39, 0.29) is 12.3 Å². The van der Waals surface area contributed by atoms with Crippen LogP contribution in [-0.4, -0.2) is 46.7 Å². The standard InChI is InChI=1S/C27H32BrNO4/c1-31-26(30)21-9-12-23-20(17-21)5-4-6-24(28)25(23)18-7-10-22(11-8-18)29-15-13-19(14-16-29)27(32-2)33-3/h7-12,17,19,27H,4-6,13-16H2,1-3H3. The Balaban J connectivity index is 1.55. The Hall–Kier alpha value is -2.15. The van der Waals surface area contributed by atoms with Crippen molar-refractivity contribution < 1.29 is 19.0 Å². The Morgan fingerprint density at radius 1 is 1.00 bits per heavy atom. The third-order valence-electron chi connectivity index (χ3n) is 6.82. The first-order chi connectivity index (χ1) is 16.0. The third kappa shape index (κ3) is 5.18. The van der Waals surface area contributed by atoms with Crippen molar-refractivity contribution in [2.24, 2.45) is 5.92 Å². The maximum atomic E-state index is 12.0. The highest BCUT2D eigenvalue weighted by atomic mass is 79.9. The molecule has 0 radical (unpaired) electrons. The van der Waals surface area contributed by atoms with Crippen LogP contribution in [0.3, 0.4) is 0 Å². The molecule has 1 heterocycles. The van der Waals surface area contributed by atoms with E-state index in [0.29, 0.717) is 11.5 Å². The van der Waals surface area contributed by atoms with Gasteiger partial charge in [-0.2, -0.15) is 0 Å². The number of halogens is 1. The Bertz CT molecular complexity index is 1010. The van der Waals surface area contributed by atoms with Crippen LogP contribution in [0.25, 0.3) is 5.57 Å². The van der Waals surface area contributed by atoms with Crippen molar-refractivity contribution in [1.29, 1.82) is 0 Å². The second-order valence-electron chi connectivity index (χ2n) is 8.71. The van der Waals surface area contributed by atoms with Gasteiger partial charge in [0.05, 0.1) is 12.7 Å². The monoisotopic (exact) mass is 513 g/mol. The van der Waals surface area contributed by atoms with E-state index in [9.17, 15) is 4.79 Å². The number of rotatable bonds is 6. The lowest BCUT2D eigenvalue weighted by atomic mass is 9.92. The summed E-state index contributed by atoms with van der Waals surface area (Å²) in [6.07, 6.45) is 4.96. The van der Waals surface area contributed by atoms with Gasteiger partial charge in [0.1, 0.15) is 0 Å². The first kappa shape index (κ1) is 24.0. The third-order valence-corrected chi connectivity index (χ3v) is 7.61. The smallest absolute Gasteiger partial charge is 0.337 e. The molecule has 0 bridgehead atoms. The molecule has 0 N–H and O–H groups in total. The molecule has 2 aromatic rings. The molecule has 6 heteroatoms. The number of ether oxygens (including phenoxy) is 3. The van der Waals surface area contributed by atoms with Gasteiger partial charge in [0.2, 0.25) is 0 Å². The summed E-state index contributed by atoms with van der Waals surface area (Å²) in [7, 11) is 4.86. The second kappa shape index (κ2) is 10.9. The number of methoxy groups -OCH3 is 3. The number of carbonyl (C=O) groups is 1. The molecule has 33 heavy (non-hydrogen) atoms. The van der Waals surface area contributed by atoms with Gasteiger partial charge in [0.25, 0.3) is 0 Å². The summed E-state index contributed by atoms with van der Waals surface area (Å²) in [6, 6.07) is 14.8. The Morgan fingerprint density at radius 3 is 2.33 bits per heavy atom. The van der Waals surface area contributed by atoms with Crippen molar-refractivity contribution in [2.45, 2.75) is 38.4 Å². The molecule has 1 saturated heterocycles. The van der Waals surface area contributed by atoms with Gasteiger partial charge >= 0.3 is 5.97 Å². The highest BCUT2D eigenvalue weighted by Gasteiger charge is 2.27. The molecular formula is C27H32BrNO4. The summed E-state index contributed by atoms with van der Waals surface area (Å²) in [5.74, 6) is 0.149. The van der Waals surface area contributed by atoms with Gasteiger partial charge in [-0.1, -0.05) is 34.1 Å². The summed E-state index contributed by atoms with van der Waals surface area (Å²) in [4.78, 5) is 14.5. The van der Waals surface area contributed by atoms with Gasteiger partial charge in [-0.3, -0.25) is 0 Å². The van der Waals surface area contributed by atoms with Crippen molar-refractivity contribution in [3.63, 3.8) is 0 Å². The molecular weight excluding hydrogens is 482 g/mol. The van der Waals surface area contributed by atoms with Gasteiger partial charge < -0.3 is 19.1 Å². The molecule has 5 nitrogen and oxygen atoms in total. The predicted octanol–water partition coefficient (Wildman–Crippen LogP) is 5.80. The summed E-state index contributed by atoms with van der Waals surface area (Å²) in [5, 5.41) is 0. The number of hydrogen-bond donors (Lipinski definition) is 0. The fourth-order valence-electron chi connectivity index (χ4n) is 5.06. The van der Waals surface area contributed by atoms with E-state index in [0.717, 1.165) is 45.2 Å². The predicted molar refractivity (Wildman–Crippen MR) is 135 cm³/mol. The minimum atomic E-state index is -0.290. The van der Waals surface area contributed by atoms with Crippen molar-refractivity contribution in [3.05, 3.63) is 69.2 Å². The number of benzene rings is 2. The molecule has 2 aliphatic rings. The van der Waals surface area contributed by atoms with Gasteiger partial charge in [-0.05, 0) is 78.6 Å². The lowest BCUT2D eigenvalue weighted by Crippen LogP contribution is -2.39. The van der Waals surface area contributed by atoms with E-state index < -0.39 is 0 Å². The van der Waals surface area contributed by atoms with Crippen LogP contribution in [0.15, 0.2) is 46.9 Å². The first-order valence-electron chi connectivity index (χ1n) is 11.6. The fourth-order valence-corrected chi connectivity index (χ4v) is 5.78. The Morgan fingerprint density at radius 2 is 1.70 bits per heavy atom. The fraction of sp³-hybridized carbons (Fsp3) is 0.444. The molecule has 0 amide bonds. The van der Waals surface area contributed by atoms with E-state index in [1.165, 1.54) is 39.5 Å². The molecule has 1 aliphatic carbocycles. The molecule has 0 spiro atoms. The molecule has 2 aromatic carbocycles. The van der Waals surface area contributed by atoms with Crippen molar-refractivity contribution in [1.82, 2.24) is 0 Å². The quantitative estimate of drug-likeness (QED) is 0.360. The van der Waals surface area contributed by atoms with Crippen LogP contribution in [0.1, 0.15) is 52.7 Å². The largest absolute Gasteiger partial charge is 0.465 e. The Labute approximate surface area is 204 Å². The van der Waals surface area contributed by atoms with Crippen LogP contribution in [0.4, 0.5) is 5.69 Å². The van der Waals surface area contributed by atoms with Crippen LogP contribution in [0, 0.1) is 5.92 Å². The van der Waals surface area contributed by atoms with Gasteiger partial charge in [0.15, 0.2) is 6.29 Å². The normalized spacial score (nSPS) is 17.2. The number of carbonyl (C=O) groups excluding carboxylic acids is 1. The highest BCUT2D eigenvalue weighted by molar-refractivity contribution is 9.11. The number of hydrogen-bond acceptors (Lipinski definition) is 5. The second-order valence-corrected chi connectivity index (χ2v) is 9.67. The van der Waals surface area contributed by atoms with Gasteiger partial charge in [-0.15, -0.1) is 0 Å². The maximum Gasteiger partial charge on any atom is 0.337 e. The molecule has 176 valence electrons. The maximum absolute atomic E-state index is 12.0. The number of allylic oxidation sites excluding steroid dienone is 1. The number of aryl methyl sites for hydroxylation is 1. The van der Waals surface area contributed by atoms with Crippen LogP contribution < -0.4 is 4.90 Å². The zero-order valence-electron chi connectivity index (χ0n) is 19.6. The van der Waals surface area contributed by atoms with E-state index in [1.54, 1.807) is 14.2 Å². The summed E-state index contributed by atoms with van der Waals surface area (Å²) >= 11 is 3.86. The lowest BCUT2D eigenvalue weighted by Gasteiger charge is -2.36. The molecule has 1 aliphatic heterocycles. The van der Waals surface area contributed by atoms with Crippen molar-refractivity contribution >= 4 is 33.2 Å². The zero-order valence-corrected chi connectivity index (χ0v) is 21.2. The molecule has 1 fully saturated rings. The molecule has 4 rings (SSSR count). The SMILES string of the molecule is COC(=O)c1ccc2c(c1)CCCC(Br)=C2c1ccc(N2CCC(C(OC)OC)CC2)cc1. The van der Waals surface area contributed by atoms with E-state index in [4.69, 9.17) is 14.2 Å². The average Bonchev–Trinajstić information content (AvgIpc) is 3.02. The van der Waals surface area contributed by atoms with Crippen LogP contribution in [0.5, 0.6) is 0 Å².